The number of fused-ring (bicyclic) bond motifs is 5. The lowest BCUT2D eigenvalue weighted by Crippen LogP contribution is -2.51. The van der Waals surface area contributed by atoms with Crippen molar-refractivity contribution in [3.8, 4) is 0 Å². The average molecular weight is 565 g/mol. The summed E-state index contributed by atoms with van der Waals surface area (Å²) in [4.78, 5) is 12.7. The van der Waals surface area contributed by atoms with Crippen molar-refractivity contribution < 1.29 is 14.3 Å². The van der Waals surface area contributed by atoms with Crippen molar-refractivity contribution in [1.29, 1.82) is 0 Å². The molecule has 3 fully saturated rings. The third-order valence-corrected chi connectivity index (χ3v) is 13.0. The van der Waals surface area contributed by atoms with Crippen molar-refractivity contribution in [3.05, 3.63) is 36.0 Å². The summed E-state index contributed by atoms with van der Waals surface area (Å²) in [6.45, 7) is 14.8. The monoisotopic (exact) mass is 564 g/mol. The molecular weight excluding hydrogens is 504 g/mol. The first-order valence-electron chi connectivity index (χ1n) is 17.6. The quantitative estimate of drug-likeness (QED) is 0.228. The Morgan fingerprint density at radius 2 is 1.71 bits per heavy atom. The summed E-state index contributed by atoms with van der Waals surface area (Å²) >= 11 is 0. The standard InChI is InChI=1S/C38H60O3/c1-7-28(26(2)3)16-15-27(4)33-19-20-34-32-18-17-29-25-31(21-23-37(29,5)35(32)22-24-38(33,34)6)41-36(39)40-30-13-11-9-8-10-12-14-30/h8-9,15-17,26-28,30-35H,7,10-14,18-25H2,1-6H3/b9-8+,16-15+/t27-,28-,30?,31+,32+,33-,34+,35+,37+,38-/m1/s1. The Bertz CT molecular complexity index is 991. The van der Waals surface area contributed by atoms with E-state index in [1.807, 2.05) is 0 Å². The van der Waals surface area contributed by atoms with Crippen LogP contribution in [0.3, 0.4) is 0 Å². The number of rotatable bonds is 7. The second-order valence-corrected chi connectivity index (χ2v) is 15.5. The van der Waals surface area contributed by atoms with E-state index in [1.54, 1.807) is 5.57 Å². The van der Waals surface area contributed by atoms with Gasteiger partial charge >= 0.3 is 6.16 Å². The van der Waals surface area contributed by atoms with Crippen LogP contribution in [0.5, 0.6) is 0 Å². The van der Waals surface area contributed by atoms with E-state index in [-0.39, 0.29) is 17.6 Å². The number of carbonyl (C=O) groups is 1. The molecule has 0 aromatic carbocycles. The molecule has 5 aliphatic rings. The first-order valence-corrected chi connectivity index (χ1v) is 17.6. The lowest BCUT2D eigenvalue weighted by atomic mass is 9.47. The fourth-order valence-electron chi connectivity index (χ4n) is 10.5. The summed E-state index contributed by atoms with van der Waals surface area (Å²) in [6, 6.07) is 0. The van der Waals surface area contributed by atoms with Crippen molar-refractivity contribution in [2.75, 3.05) is 0 Å². The molecule has 41 heavy (non-hydrogen) atoms. The molecule has 0 N–H and O–H groups in total. The summed E-state index contributed by atoms with van der Waals surface area (Å²) in [5, 5.41) is 0. The molecule has 0 spiro atoms. The number of carbonyl (C=O) groups excluding carboxylic acids is 1. The summed E-state index contributed by atoms with van der Waals surface area (Å²) in [5.74, 6) is 5.38. The van der Waals surface area contributed by atoms with E-state index in [1.165, 1.54) is 38.5 Å². The lowest BCUT2D eigenvalue weighted by Gasteiger charge is -2.58. The molecule has 0 aliphatic heterocycles. The molecule has 5 aliphatic carbocycles. The second-order valence-electron chi connectivity index (χ2n) is 15.5. The maximum absolute atomic E-state index is 12.7. The Hall–Kier alpha value is -1.51. The zero-order chi connectivity index (χ0) is 29.2. The summed E-state index contributed by atoms with van der Waals surface area (Å²) in [5.41, 5.74) is 2.32. The Kier molecular flexibility index (Phi) is 9.81. The molecule has 0 amide bonds. The molecule has 5 rings (SSSR count). The van der Waals surface area contributed by atoms with Crippen LogP contribution in [-0.2, 0) is 9.47 Å². The van der Waals surface area contributed by atoms with Gasteiger partial charge in [0.05, 0.1) is 0 Å². The topological polar surface area (TPSA) is 35.5 Å². The van der Waals surface area contributed by atoms with E-state index in [4.69, 9.17) is 9.47 Å². The first-order chi connectivity index (χ1) is 19.7. The Morgan fingerprint density at radius 3 is 2.49 bits per heavy atom. The highest BCUT2D eigenvalue weighted by molar-refractivity contribution is 5.60. The SMILES string of the molecule is CC[C@H](/C=C/[C@@H](C)[C@H]1CC[C@H]2[C@@H]3CC=C4C[C@@H](OC(=O)OC5CC/C=C/CCC5)CC[C@]4(C)[C@H]3CC[C@]12C)C(C)C. The molecule has 0 saturated heterocycles. The predicted molar refractivity (Wildman–Crippen MR) is 169 cm³/mol. The molecule has 230 valence electrons. The molecule has 0 heterocycles. The molecule has 0 radical (unpaired) electrons. The van der Waals surface area contributed by atoms with Crippen molar-refractivity contribution >= 4 is 6.16 Å². The van der Waals surface area contributed by atoms with Gasteiger partial charge in [-0.2, -0.15) is 0 Å². The van der Waals surface area contributed by atoms with Crippen LogP contribution in [0.25, 0.3) is 0 Å². The molecular formula is C38H60O3. The zero-order valence-corrected chi connectivity index (χ0v) is 27.2. The Labute approximate surface area is 252 Å². The van der Waals surface area contributed by atoms with Crippen LogP contribution in [0, 0.1) is 52.3 Å². The van der Waals surface area contributed by atoms with E-state index >= 15 is 0 Å². The van der Waals surface area contributed by atoms with Crippen LogP contribution in [-0.4, -0.2) is 18.4 Å². The predicted octanol–water partition coefficient (Wildman–Crippen LogP) is 10.9. The van der Waals surface area contributed by atoms with Crippen molar-refractivity contribution in [2.45, 2.75) is 144 Å². The minimum absolute atomic E-state index is 0.00392. The van der Waals surface area contributed by atoms with E-state index < -0.39 is 6.16 Å². The molecule has 0 aromatic rings. The van der Waals surface area contributed by atoms with Gasteiger partial charge in [-0.05, 0) is 136 Å². The molecule has 1 unspecified atom stereocenters. The third kappa shape index (κ3) is 6.40. The average Bonchev–Trinajstić information content (AvgIpc) is 3.27. The van der Waals surface area contributed by atoms with E-state index in [0.29, 0.717) is 17.3 Å². The highest BCUT2D eigenvalue weighted by Gasteiger charge is 2.59. The fourth-order valence-corrected chi connectivity index (χ4v) is 10.5. The van der Waals surface area contributed by atoms with Crippen LogP contribution in [0.1, 0.15) is 131 Å². The number of allylic oxidation sites excluding steroid dienone is 5. The van der Waals surface area contributed by atoms with Gasteiger partial charge < -0.3 is 9.47 Å². The molecule has 3 nitrogen and oxygen atoms in total. The van der Waals surface area contributed by atoms with Crippen LogP contribution in [0.4, 0.5) is 4.79 Å². The smallest absolute Gasteiger partial charge is 0.431 e. The van der Waals surface area contributed by atoms with Crippen LogP contribution < -0.4 is 0 Å². The molecule has 10 atom stereocenters. The van der Waals surface area contributed by atoms with E-state index in [2.05, 4.69) is 71.9 Å². The van der Waals surface area contributed by atoms with Gasteiger partial charge in [-0.1, -0.05) is 77.5 Å². The van der Waals surface area contributed by atoms with Gasteiger partial charge in [-0.25, -0.2) is 4.79 Å². The van der Waals surface area contributed by atoms with Crippen LogP contribution in [0.15, 0.2) is 36.0 Å². The number of hydrogen-bond donors (Lipinski definition) is 0. The normalized spacial score (nSPS) is 41.3. The molecule has 3 heteroatoms. The van der Waals surface area contributed by atoms with E-state index in [0.717, 1.165) is 81.0 Å². The van der Waals surface area contributed by atoms with Crippen molar-refractivity contribution in [2.24, 2.45) is 52.3 Å². The summed E-state index contributed by atoms with van der Waals surface area (Å²) in [7, 11) is 0. The van der Waals surface area contributed by atoms with Gasteiger partial charge in [-0.15, -0.1) is 0 Å². The van der Waals surface area contributed by atoms with Gasteiger partial charge in [0.25, 0.3) is 0 Å². The molecule has 0 bridgehead atoms. The van der Waals surface area contributed by atoms with E-state index in [9.17, 15) is 4.79 Å². The number of ether oxygens (including phenoxy) is 2. The maximum atomic E-state index is 12.7. The van der Waals surface area contributed by atoms with Crippen LogP contribution >= 0.6 is 0 Å². The third-order valence-electron chi connectivity index (χ3n) is 13.0. The molecule has 0 aromatic heterocycles. The van der Waals surface area contributed by atoms with Gasteiger partial charge in [0.2, 0.25) is 0 Å². The van der Waals surface area contributed by atoms with Gasteiger partial charge in [0.15, 0.2) is 0 Å². The fraction of sp³-hybridized carbons (Fsp3) is 0.816. The second kappa shape index (κ2) is 13.0. The summed E-state index contributed by atoms with van der Waals surface area (Å²) < 4.78 is 11.8. The van der Waals surface area contributed by atoms with Crippen molar-refractivity contribution in [1.82, 2.24) is 0 Å². The first kappa shape index (κ1) is 30.9. The van der Waals surface area contributed by atoms with Crippen LogP contribution in [0.2, 0.25) is 0 Å². The summed E-state index contributed by atoms with van der Waals surface area (Å²) in [6.07, 6.45) is 27.8. The lowest BCUT2D eigenvalue weighted by molar-refractivity contribution is -0.0618. The Balaban J connectivity index is 1.21. The minimum Gasteiger partial charge on any atom is -0.431 e. The minimum atomic E-state index is -0.435. The number of hydrogen-bond acceptors (Lipinski definition) is 3. The van der Waals surface area contributed by atoms with Gasteiger partial charge in [0.1, 0.15) is 12.2 Å². The maximum Gasteiger partial charge on any atom is 0.508 e. The van der Waals surface area contributed by atoms with Gasteiger partial charge in [-0.3, -0.25) is 0 Å². The highest BCUT2D eigenvalue weighted by Crippen LogP contribution is 2.67. The Morgan fingerprint density at radius 1 is 0.927 bits per heavy atom. The highest BCUT2D eigenvalue weighted by atomic mass is 16.7. The van der Waals surface area contributed by atoms with Crippen molar-refractivity contribution in [3.63, 3.8) is 0 Å². The molecule has 3 saturated carbocycles. The largest absolute Gasteiger partial charge is 0.508 e. The zero-order valence-electron chi connectivity index (χ0n) is 27.2. The van der Waals surface area contributed by atoms with Gasteiger partial charge in [0, 0.05) is 6.42 Å².